The second kappa shape index (κ2) is 3.76. The van der Waals surface area contributed by atoms with Crippen molar-refractivity contribution >= 4 is 24.0 Å². The van der Waals surface area contributed by atoms with Crippen LogP contribution in [0, 0.1) is 0 Å². The van der Waals surface area contributed by atoms with Crippen LogP contribution in [0.15, 0.2) is 0 Å². The number of hydrogen-bond acceptors (Lipinski definition) is 1. The Kier molecular flexibility index (Phi) is 4.05. The smallest absolute Gasteiger partial charge is 0.0125 e. The molecule has 0 saturated carbocycles. The van der Waals surface area contributed by atoms with Crippen LogP contribution in [0.1, 0.15) is 33.1 Å². The van der Waals surface area contributed by atoms with Crippen LogP contribution < -0.4 is 5.32 Å². The van der Waals surface area contributed by atoms with Gasteiger partial charge in [0.1, 0.15) is 0 Å². The van der Waals surface area contributed by atoms with E-state index >= 15 is 0 Å². The highest BCUT2D eigenvalue weighted by Gasteiger charge is 2.18. The Balaban J connectivity index is 0.000000640. The van der Waals surface area contributed by atoms with Crippen LogP contribution in [0.5, 0.6) is 0 Å². The van der Waals surface area contributed by atoms with E-state index in [0.29, 0.717) is 5.54 Å². The first kappa shape index (κ1) is 9.69. The highest BCUT2D eigenvalue weighted by molar-refractivity contribution is 14.0. The molecule has 0 atom stereocenters. The first-order valence-electron chi connectivity index (χ1n) is 3.46. The molecule has 1 nitrogen and oxygen atoms in total. The van der Waals surface area contributed by atoms with Crippen molar-refractivity contribution in [1.29, 1.82) is 0 Å². The minimum atomic E-state index is 0. The summed E-state index contributed by atoms with van der Waals surface area (Å²) >= 11 is 0. The van der Waals surface area contributed by atoms with E-state index in [4.69, 9.17) is 0 Å². The van der Waals surface area contributed by atoms with E-state index in [2.05, 4.69) is 19.2 Å². The third kappa shape index (κ3) is 3.40. The van der Waals surface area contributed by atoms with Crippen LogP contribution in [0.2, 0.25) is 0 Å². The van der Waals surface area contributed by atoms with Gasteiger partial charge in [-0.1, -0.05) is 6.42 Å². The summed E-state index contributed by atoms with van der Waals surface area (Å²) < 4.78 is 0. The summed E-state index contributed by atoms with van der Waals surface area (Å²) in [5, 5.41) is 3.46. The quantitative estimate of drug-likeness (QED) is 0.641. The molecule has 0 spiro atoms. The van der Waals surface area contributed by atoms with Gasteiger partial charge in [-0.3, -0.25) is 0 Å². The van der Waals surface area contributed by atoms with E-state index in [9.17, 15) is 0 Å². The minimum absolute atomic E-state index is 0. The van der Waals surface area contributed by atoms with Gasteiger partial charge in [-0.2, -0.15) is 0 Å². The van der Waals surface area contributed by atoms with Crippen LogP contribution in [0.25, 0.3) is 0 Å². The summed E-state index contributed by atoms with van der Waals surface area (Å²) in [6.07, 6.45) is 4.11. The fourth-order valence-electron chi connectivity index (χ4n) is 1.21. The molecular formula is C7H16IN. The van der Waals surface area contributed by atoms with Crippen LogP contribution in [-0.4, -0.2) is 12.1 Å². The number of nitrogens with one attached hydrogen (secondary N) is 1. The van der Waals surface area contributed by atoms with Gasteiger partial charge in [0.15, 0.2) is 0 Å². The van der Waals surface area contributed by atoms with Gasteiger partial charge in [-0.25, -0.2) is 0 Å². The van der Waals surface area contributed by atoms with Crippen LogP contribution in [-0.2, 0) is 0 Å². The Hall–Kier alpha value is 0.690. The van der Waals surface area contributed by atoms with Gasteiger partial charge in [0.2, 0.25) is 0 Å². The normalized spacial score (nSPS) is 24.7. The van der Waals surface area contributed by atoms with E-state index in [1.807, 2.05) is 0 Å². The van der Waals surface area contributed by atoms with Gasteiger partial charge in [0.05, 0.1) is 0 Å². The molecule has 56 valence electrons. The lowest BCUT2D eigenvalue weighted by Gasteiger charge is -2.30. The molecule has 0 aliphatic carbocycles. The van der Waals surface area contributed by atoms with Gasteiger partial charge >= 0.3 is 0 Å². The molecule has 9 heavy (non-hydrogen) atoms. The van der Waals surface area contributed by atoms with Gasteiger partial charge < -0.3 is 5.32 Å². The Morgan fingerprint density at radius 2 is 1.89 bits per heavy atom. The molecule has 0 unspecified atom stereocenters. The Morgan fingerprint density at radius 3 is 2.11 bits per heavy atom. The zero-order valence-corrected chi connectivity index (χ0v) is 8.57. The van der Waals surface area contributed by atoms with Crippen molar-refractivity contribution < 1.29 is 0 Å². The summed E-state index contributed by atoms with van der Waals surface area (Å²) in [6.45, 7) is 5.76. The zero-order chi connectivity index (χ0) is 6.04. The lowest BCUT2D eigenvalue weighted by Crippen LogP contribution is -2.42. The third-order valence-corrected chi connectivity index (χ3v) is 1.83. The molecule has 0 aromatic carbocycles. The number of halogens is 1. The lowest BCUT2D eigenvalue weighted by molar-refractivity contribution is 0.304. The Morgan fingerprint density at radius 1 is 1.22 bits per heavy atom. The molecule has 0 aromatic heterocycles. The van der Waals surface area contributed by atoms with Crippen LogP contribution >= 0.6 is 24.0 Å². The molecule has 1 aliphatic heterocycles. The molecule has 0 bridgehead atoms. The van der Waals surface area contributed by atoms with Crippen molar-refractivity contribution in [2.75, 3.05) is 6.54 Å². The van der Waals surface area contributed by atoms with Crippen LogP contribution in [0.4, 0.5) is 0 Å². The largest absolute Gasteiger partial charge is 0.312 e. The zero-order valence-electron chi connectivity index (χ0n) is 6.24. The highest BCUT2D eigenvalue weighted by Crippen LogP contribution is 2.16. The van der Waals surface area contributed by atoms with E-state index in [0.717, 1.165) is 0 Å². The number of piperidine rings is 1. The van der Waals surface area contributed by atoms with Crippen LogP contribution in [0.3, 0.4) is 0 Å². The van der Waals surface area contributed by atoms with Crippen molar-refractivity contribution in [1.82, 2.24) is 5.32 Å². The average molecular weight is 241 g/mol. The molecule has 0 amide bonds. The van der Waals surface area contributed by atoms with E-state index in [1.54, 1.807) is 0 Å². The fraction of sp³-hybridized carbons (Fsp3) is 1.00. The fourth-order valence-corrected chi connectivity index (χ4v) is 1.21. The molecule has 0 radical (unpaired) electrons. The Bertz CT molecular complexity index is 73.0. The first-order chi connectivity index (χ1) is 3.71. The van der Waals surface area contributed by atoms with Gasteiger partial charge in [0, 0.05) is 5.54 Å². The Labute approximate surface area is 74.6 Å². The topological polar surface area (TPSA) is 12.0 Å². The predicted octanol–water partition coefficient (Wildman–Crippen LogP) is 2.16. The van der Waals surface area contributed by atoms with E-state index in [-0.39, 0.29) is 24.0 Å². The lowest BCUT2D eigenvalue weighted by atomic mass is 9.93. The van der Waals surface area contributed by atoms with E-state index in [1.165, 1.54) is 25.8 Å². The van der Waals surface area contributed by atoms with Crippen molar-refractivity contribution in [2.24, 2.45) is 0 Å². The maximum Gasteiger partial charge on any atom is 0.0125 e. The molecule has 1 saturated heterocycles. The van der Waals surface area contributed by atoms with E-state index < -0.39 is 0 Å². The molecule has 2 heteroatoms. The minimum Gasteiger partial charge on any atom is -0.312 e. The van der Waals surface area contributed by atoms with Crippen molar-refractivity contribution in [3.05, 3.63) is 0 Å². The summed E-state index contributed by atoms with van der Waals surface area (Å²) in [7, 11) is 0. The molecule has 1 N–H and O–H groups in total. The number of hydrogen-bond donors (Lipinski definition) is 1. The first-order valence-corrected chi connectivity index (χ1v) is 3.46. The standard InChI is InChI=1S/C7H15N.HI/c1-7(2)5-3-4-6-8-7;/h8H,3-6H2,1-2H3;1H. The van der Waals surface area contributed by atoms with Crippen molar-refractivity contribution in [3.8, 4) is 0 Å². The molecule has 1 heterocycles. The van der Waals surface area contributed by atoms with Gasteiger partial charge in [0.25, 0.3) is 0 Å². The molecular weight excluding hydrogens is 225 g/mol. The number of rotatable bonds is 0. The molecule has 0 aromatic rings. The highest BCUT2D eigenvalue weighted by atomic mass is 127. The molecule has 1 rings (SSSR count). The molecule has 1 aliphatic rings. The predicted molar refractivity (Wildman–Crippen MR) is 51.3 cm³/mol. The maximum atomic E-state index is 3.46. The van der Waals surface area contributed by atoms with Crippen molar-refractivity contribution in [2.45, 2.75) is 38.6 Å². The monoisotopic (exact) mass is 241 g/mol. The molecule has 1 fully saturated rings. The maximum absolute atomic E-state index is 3.46. The summed E-state index contributed by atoms with van der Waals surface area (Å²) in [4.78, 5) is 0. The van der Waals surface area contributed by atoms with Gasteiger partial charge in [-0.05, 0) is 33.2 Å². The summed E-state index contributed by atoms with van der Waals surface area (Å²) in [6, 6.07) is 0. The summed E-state index contributed by atoms with van der Waals surface area (Å²) in [5.41, 5.74) is 0.429. The van der Waals surface area contributed by atoms with Gasteiger partial charge in [-0.15, -0.1) is 24.0 Å². The summed E-state index contributed by atoms with van der Waals surface area (Å²) in [5.74, 6) is 0. The second-order valence-corrected chi connectivity index (χ2v) is 3.27. The second-order valence-electron chi connectivity index (χ2n) is 3.27. The average Bonchev–Trinajstić information content (AvgIpc) is 1.65. The SMILES string of the molecule is CC1(C)CCCCN1.I. The van der Waals surface area contributed by atoms with Crippen molar-refractivity contribution in [3.63, 3.8) is 0 Å². The third-order valence-electron chi connectivity index (χ3n) is 1.83.